The van der Waals surface area contributed by atoms with Gasteiger partial charge >= 0.3 is 0 Å². The first-order chi connectivity index (χ1) is 20.7. The number of benzene rings is 3. The third-order valence-corrected chi connectivity index (χ3v) is 9.55. The van der Waals surface area contributed by atoms with Gasteiger partial charge in [0.1, 0.15) is 16.8 Å². The van der Waals surface area contributed by atoms with Crippen molar-refractivity contribution in [3.8, 4) is 0 Å². The van der Waals surface area contributed by atoms with Crippen molar-refractivity contribution in [1.82, 2.24) is 15.3 Å². The lowest BCUT2D eigenvalue weighted by Gasteiger charge is -2.41. The maximum atomic E-state index is 12.8. The first-order valence-corrected chi connectivity index (χ1v) is 16.2. The van der Waals surface area contributed by atoms with Crippen molar-refractivity contribution >= 4 is 64.1 Å². The van der Waals surface area contributed by atoms with Crippen LogP contribution >= 0.6 is 46.6 Å². The number of ketones is 1. The van der Waals surface area contributed by atoms with Gasteiger partial charge in [0.15, 0.2) is 5.16 Å². The van der Waals surface area contributed by atoms with Crippen molar-refractivity contribution in [2.75, 3.05) is 24.5 Å². The highest BCUT2D eigenvalue weighted by atomic mass is 35.5. The Morgan fingerprint density at radius 3 is 2.42 bits per heavy atom. The Hall–Kier alpha value is -3.10. The first-order valence-electron chi connectivity index (χ1n) is 14.0. The Kier molecular flexibility index (Phi) is 10.3. The second-order valence-electron chi connectivity index (χ2n) is 10.6. The quantitative estimate of drug-likeness (QED) is 0.107. The second-order valence-corrected chi connectivity index (χ2v) is 12.7. The average Bonchev–Trinajstić information content (AvgIpc) is 3.01. The number of carbonyl (C=O) groups is 2. The predicted octanol–water partition coefficient (Wildman–Crippen LogP) is 7.83. The van der Waals surface area contributed by atoms with E-state index in [0.29, 0.717) is 70.6 Å². The van der Waals surface area contributed by atoms with Gasteiger partial charge < -0.3 is 10.2 Å². The Balaban J connectivity index is 1.19. The third kappa shape index (κ3) is 7.71. The molecule has 3 aromatic carbocycles. The topological polar surface area (TPSA) is 75.2 Å². The zero-order chi connectivity index (χ0) is 30.4. The van der Waals surface area contributed by atoms with E-state index in [0.717, 1.165) is 22.5 Å². The summed E-state index contributed by atoms with van der Waals surface area (Å²) in [5.74, 6) is 1.36. The van der Waals surface area contributed by atoms with Gasteiger partial charge in [0.2, 0.25) is 0 Å². The molecule has 0 spiro atoms. The van der Waals surface area contributed by atoms with E-state index in [2.05, 4.69) is 15.2 Å². The number of piperidine rings is 1. The molecule has 0 atom stereocenters. The van der Waals surface area contributed by atoms with Gasteiger partial charge in [0, 0.05) is 47.1 Å². The fraction of sp³-hybridized carbons (Fsp3) is 0.273. The fourth-order valence-electron chi connectivity index (χ4n) is 5.42. The predicted molar refractivity (Wildman–Crippen MR) is 176 cm³/mol. The van der Waals surface area contributed by atoms with Crippen LogP contribution < -0.4 is 10.2 Å². The van der Waals surface area contributed by atoms with Crippen molar-refractivity contribution in [3.63, 3.8) is 0 Å². The van der Waals surface area contributed by atoms with E-state index in [1.165, 1.54) is 11.8 Å². The number of nitrogens with zero attached hydrogens (tertiary/aromatic N) is 3. The molecular weight excluding hydrogens is 623 g/mol. The minimum Gasteiger partial charge on any atom is -0.356 e. The van der Waals surface area contributed by atoms with Crippen LogP contribution in [0.2, 0.25) is 15.2 Å². The molecule has 0 saturated carbocycles. The largest absolute Gasteiger partial charge is 0.356 e. The summed E-state index contributed by atoms with van der Waals surface area (Å²) in [6, 6.07) is 24.7. The Morgan fingerprint density at radius 2 is 1.70 bits per heavy atom. The van der Waals surface area contributed by atoms with Crippen LogP contribution in [-0.2, 0) is 22.4 Å². The molecule has 1 N–H and O–H groups in total. The summed E-state index contributed by atoms with van der Waals surface area (Å²) in [5.41, 5.74) is 3.06. The van der Waals surface area contributed by atoms with E-state index in [9.17, 15) is 9.59 Å². The number of Topliss-reactive ketones (excluding diaryl/α,β-unsaturated/α-hetero) is 1. The molecule has 1 aromatic heterocycles. The summed E-state index contributed by atoms with van der Waals surface area (Å²) >= 11 is 20.1. The van der Waals surface area contributed by atoms with Crippen LogP contribution in [0.4, 0.5) is 5.82 Å². The van der Waals surface area contributed by atoms with E-state index in [4.69, 9.17) is 39.8 Å². The molecule has 6 nitrogen and oxygen atoms in total. The van der Waals surface area contributed by atoms with Crippen LogP contribution in [0.3, 0.4) is 0 Å². The van der Waals surface area contributed by atoms with Gasteiger partial charge in [0.25, 0.3) is 5.91 Å². The van der Waals surface area contributed by atoms with Crippen LogP contribution in [0, 0.1) is 0 Å². The molecule has 0 bridgehead atoms. The average molecular weight is 654 g/mol. The summed E-state index contributed by atoms with van der Waals surface area (Å²) in [7, 11) is 0. The van der Waals surface area contributed by atoms with E-state index in [1.807, 2.05) is 54.6 Å². The molecule has 5 rings (SSSR count). The smallest absolute Gasteiger partial charge is 0.251 e. The Morgan fingerprint density at radius 1 is 0.930 bits per heavy atom. The zero-order valence-corrected chi connectivity index (χ0v) is 26.7. The van der Waals surface area contributed by atoms with Crippen molar-refractivity contribution in [2.45, 2.75) is 42.5 Å². The summed E-state index contributed by atoms with van der Waals surface area (Å²) in [5, 5.41) is 5.05. The fourth-order valence-corrected chi connectivity index (χ4v) is 6.95. The van der Waals surface area contributed by atoms with Crippen LogP contribution in [0.25, 0.3) is 0 Å². The maximum Gasteiger partial charge on any atom is 0.251 e. The van der Waals surface area contributed by atoms with Crippen molar-refractivity contribution in [1.29, 1.82) is 0 Å². The molecule has 0 aliphatic carbocycles. The standard InChI is InChI=1S/C33H31Cl3N4O2S/c1-22(41)33(26-8-3-2-4-9-26)13-16-40(17-14-33)30-20-29(36)38-32(39-30)43-21-23-6-5-7-25(18-23)31(42)37-15-12-24-10-11-27(34)19-28(24)35/h2-11,18-20H,12-17,21H2,1H3,(H,37,42). The van der Waals surface area contributed by atoms with Crippen LogP contribution in [-0.4, -0.2) is 41.3 Å². The minimum atomic E-state index is -0.480. The van der Waals surface area contributed by atoms with Gasteiger partial charge in [-0.05, 0) is 67.1 Å². The highest BCUT2D eigenvalue weighted by Crippen LogP contribution is 2.38. The molecule has 1 aliphatic rings. The number of rotatable bonds is 10. The molecule has 10 heteroatoms. The van der Waals surface area contributed by atoms with E-state index < -0.39 is 5.41 Å². The van der Waals surface area contributed by atoms with Crippen molar-refractivity contribution in [3.05, 3.63) is 116 Å². The van der Waals surface area contributed by atoms with Gasteiger partial charge in [-0.1, -0.05) is 95.1 Å². The van der Waals surface area contributed by atoms with Crippen LogP contribution in [0.1, 0.15) is 46.8 Å². The van der Waals surface area contributed by atoms with E-state index >= 15 is 0 Å². The summed E-state index contributed by atoms with van der Waals surface area (Å²) < 4.78 is 0. The summed E-state index contributed by atoms with van der Waals surface area (Å²) in [6.45, 7) is 3.52. The van der Waals surface area contributed by atoms with Gasteiger partial charge in [-0.15, -0.1) is 0 Å². The van der Waals surface area contributed by atoms with Crippen LogP contribution in [0.15, 0.2) is 84.0 Å². The highest BCUT2D eigenvalue weighted by molar-refractivity contribution is 7.98. The van der Waals surface area contributed by atoms with Gasteiger partial charge in [-0.3, -0.25) is 9.59 Å². The molecule has 1 amide bonds. The summed E-state index contributed by atoms with van der Waals surface area (Å²) in [4.78, 5) is 37.0. The van der Waals surface area contributed by atoms with Crippen LogP contribution in [0.5, 0.6) is 0 Å². The number of hydrogen-bond donors (Lipinski definition) is 1. The molecule has 1 aliphatic heterocycles. The SMILES string of the molecule is CC(=O)C1(c2ccccc2)CCN(c2cc(Cl)nc(SCc3cccc(C(=O)NCCc4ccc(Cl)cc4Cl)c3)n2)CC1. The first kappa shape index (κ1) is 31.3. The molecular formula is C33H31Cl3N4O2S. The molecule has 1 fully saturated rings. The monoisotopic (exact) mass is 652 g/mol. The molecule has 1 saturated heterocycles. The second kappa shape index (κ2) is 14.1. The molecule has 43 heavy (non-hydrogen) atoms. The number of thioether (sulfide) groups is 1. The molecule has 0 radical (unpaired) electrons. The summed E-state index contributed by atoms with van der Waals surface area (Å²) in [6.07, 6.45) is 2.01. The number of halogens is 3. The van der Waals surface area contributed by atoms with Crippen molar-refractivity contribution in [2.24, 2.45) is 0 Å². The van der Waals surface area contributed by atoms with E-state index in [-0.39, 0.29) is 11.7 Å². The lowest BCUT2D eigenvalue weighted by atomic mass is 9.70. The normalized spacial score (nSPS) is 14.4. The zero-order valence-electron chi connectivity index (χ0n) is 23.7. The third-order valence-electron chi connectivity index (χ3n) is 7.85. The Labute approximate surface area is 271 Å². The number of anilines is 1. The van der Waals surface area contributed by atoms with Gasteiger partial charge in [0.05, 0.1) is 5.41 Å². The highest BCUT2D eigenvalue weighted by Gasteiger charge is 2.40. The maximum absolute atomic E-state index is 12.8. The number of carbonyl (C=O) groups excluding carboxylic acids is 2. The van der Waals surface area contributed by atoms with Crippen molar-refractivity contribution < 1.29 is 9.59 Å². The van der Waals surface area contributed by atoms with E-state index in [1.54, 1.807) is 31.2 Å². The number of hydrogen-bond acceptors (Lipinski definition) is 6. The number of nitrogens with one attached hydrogen (secondary N) is 1. The molecule has 222 valence electrons. The molecule has 4 aromatic rings. The minimum absolute atomic E-state index is 0.152. The van der Waals surface area contributed by atoms with Gasteiger partial charge in [-0.2, -0.15) is 0 Å². The van der Waals surface area contributed by atoms with Gasteiger partial charge in [-0.25, -0.2) is 9.97 Å². The lowest BCUT2D eigenvalue weighted by molar-refractivity contribution is -0.123. The lowest BCUT2D eigenvalue weighted by Crippen LogP contribution is -2.47. The number of aromatic nitrogens is 2. The molecule has 2 heterocycles. The number of amides is 1. The molecule has 0 unspecified atom stereocenters. The Bertz CT molecular complexity index is 1610.